The number of nitrogens with one attached hydrogen (secondary N) is 1. The molecule has 0 saturated carbocycles. The van der Waals surface area contributed by atoms with Gasteiger partial charge in [0, 0.05) is 12.2 Å². The summed E-state index contributed by atoms with van der Waals surface area (Å²) < 4.78 is 0. The molecule has 2 unspecified atom stereocenters. The molecular formula is C22H25N3O3. The number of anilines is 1. The second kappa shape index (κ2) is 8.25. The first-order valence-electron chi connectivity index (χ1n) is 9.41. The maximum absolute atomic E-state index is 12.8. The van der Waals surface area contributed by atoms with E-state index < -0.39 is 12.1 Å². The van der Waals surface area contributed by atoms with Gasteiger partial charge in [0.05, 0.1) is 0 Å². The zero-order chi connectivity index (χ0) is 20.3. The Morgan fingerprint density at radius 2 is 1.71 bits per heavy atom. The number of nitrogens with zero attached hydrogens (tertiary/aromatic N) is 2. The fourth-order valence-corrected chi connectivity index (χ4v) is 3.28. The summed E-state index contributed by atoms with van der Waals surface area (Å²) in [7, 11) is 0. The predicted molar refractivity (Wildman–Crippen MR) is 108 cm³/mol. The Morgan fingerprint density at radius 1 is 1.07 bits per heavy atom. The number of benzene rings is 2. The van der Waals surface area contributed by atoms with Crippen LogP contribution in [0.1, 0.15) is 30.9 Å². The number of hydrogen-bond acceptors (Lipinski definition) is 3. The first kappa shape index (κ1) is 19.6. The molecule has 0 radical (unpaired) electrons. The van der Waals surface area contributed by atoms with E-state index in [9.17, 15) is 14.4 Å². The van der Waals surface area contributed by atoms with E-state index in [1.807, 2.05) is 68.4 Å². The van der Waals surface area contributed by atoms with Gasteiger partial charge in [0.25, 0.3) is 5.91 Å². The summed E-state index contributed by atoms with van der Waals surface area (Å²) >= 11 is 0. The van der Waals surface area contributed by atoms with E-state index in [2.05, 4.69) is 5.32 Å². The molecule has 0 aliphatic carbocycles. The standard InChI is InChI=1S/C22H25N3O3/c1-15-9-11-19(12-10-15)25-17(3)21(27)24(22(25)28)14-20(26)23-13-16(2)18-7-5-4-6-8-18/h4-12,16-17H,13-14H2,1-3H3,(H,23,26). The molecule has 0 bridgehead atoms. The van der Waals surface area contributed by atoms with E-state index >= 15 is 0 Å². The second-order valence-electron chi connectivity index (χ2n) is 7.20. The molecule has 1 N–H and O–H groups in total. The highest BCUT2D eigenvalue weighted by atomic mass is 16.2. The van der Waals surface area contributed by atoms with Crippen LogP contribution < -0.4 is 10.2 Å². The summed E-state index contributed by atoms with van der Waals surface area (Å²) in [4.78, 5) is 40.1. The molecule has 146 valence electrons. The van der Waals surface area contributed by atoms with Gasteiger partial charge in [-0.2, -0.15) is 0 Å². The molecule has 0 aromatic heterocycles. The average molecular weight is 379 g/mol. The van der Waals surface area contributed by atoms with Crippen LogP contribution in [0.5, 0.6) is 0 Å². The summed E-state index contributed by atoms with van der Waals surface area (Å²) in [6, 6.07) is 16.2. The van der Waals surface area contributed by atoms with E-state index in [0.29, 0.717) is 12.2 Å². The highest BCUT2D eigenvalue weighted by molar-refractivity contribution is 6.15. The first-order valence-corrected chi connectivity index (χ1v) is 9.41. The lowest BCUT2D eigenvalue weighted by atomic mass is 10.0. The molecule has 1 aliphatic rings. The molecule has 3 rings (SSSR count). The molecule has 1 heterocycles. The molecule has 1 aliphatic heterocycles. The maximum atomic E-state index is 12.8. The molecule has 6 nitrogen and oxygen atoms in total. The van der Waals surface area contributed by atoms with Crippen molar-refractivity contribution in [3.8, 4) is 0 Å². The summed E-state index contributed by atoms with van der Waals surface area (Å²) in [6.07, 6.45) is 0. The topological polar surface area (TPSA) is 69.7 Å². The van der Waals surface area contributed by atoms with E-state index in [1.54, 1.807) is 6.92 Å². The quantitative estimate of drug-likeness (QED) is 0.784. The predicted octanol–water partition coefficient (Wildman–Crippen LogP) is 3.07. The Balaban J connectivity index is 1.62. The Kier molecular flexibility index (Phi) is 5.78. The van der Waals surface area contributed by atoms with Gasteiger partial charge >= 0.3 is 6.03 Å². The van der Waals surface area contributed by atoms with Crippen molar-refractivity contribution in [1.29, 1.82) is 0 Å². The number of carbonyl (C=O) groups is 3. The lowest BCUT2D eigenvalue weighted by molar-refractivity contribution is -0.131. The van der Waals surface area contributed by atoms with Crippen LogP contribution in [0.15, 0.2) is 54.6 Å². The van der Waals surface area contributed by atoms with E-state index in [4.69, 9.17) is 0 Å². The van der Waals surface area contributed by atoms with Crippen molar-refractivity contribution in [2.24, 2.45) is 0 Å². The highest BCUT2D eigenvalue weighted by Gasteiger charge is 2.43. The molecule has 1 saturated heterocycles. The summed E-state index contributed by atoms with van der Waals surface area (Å²) in [6.45, 7) is 5.82. The number of aryl methyl sites for hydroxylation is 1. The fourth-order valence-electron chi connectivity index (χ4n) is 3.28. The van der Waals surface area contributed by atoms with Gasteiger partial charge in [0.1, 0.15) is 12.6 Å². The van der Waals surface area contributed by atoms with Crippen LogP contribution >= 0.6 is 0 Å². The Bertz CT molecular complexity index is 864. The third kappa shape index (κ3) is 4.06. The third-order valence-electron chi connectivity index (χ3n) is 5.04. The molecule has 2 aromatic carbocycles. The van der Waals surface area contributed by atoms with Crippen LogP contribution in [0.4, 0.5) is 10.5 Å². The molecule has 1 fully saturated rings. The lowest BCUT2D eigenvalue weighted by Gasteiger charge is -2.19. The monoisotopic (exact) mass is 379 g/mol. The van der Waals surface area contributed by atoms with Crippen LogP contribution in [-0.2, 0) is 9.59 Å². The van der Waals surface area contributed by atoms with E-state index in [0.717, 1.165) is 16.0 Å². The fraction of sp³-hybridized carbons (Fsp3) is 0.318. The van der Waals surface area contributed by atoms with Gasteiger partial charge in [-0.3, -0.25) is 19.4 Å². The lowest BCUT2D eigenvalue weighted by Crippen LogP contribution is -2.42. The van der Waals surface area contributed by atoms with E-state index in [-0.39, 0.29) is 24.3 Å². The number of rotatable bonds is 6. The molecule has 4 amide bonds. The van der Waals surface area contributed by atoms with Crippen molar-refractivity contribution in [2.45, 2.75) is 32.7 Å². The van der Waals surface area contributed by atoms with Crippen molar-refractivity contribution in [1.82, 2.24) is 10.2 Å². The summed E-state index contributed by atoms with van der Waals surface area (Å²) in [5.74, 6) is -0.572. The third-order valence-corrected chi connectivity index (χ3v) is 5.04. The minimum atomic E-state index is -0.633. The Labute approximate surface area is 165 Å². The largest absolute Gasteiger partial charge is 0.354 e. The number of imide groups is 1. The van der Waals surface area contributed by atoms with Crippen LogP contribution in [0.2, 0.25) is 0 Å². The SMILES string of the molecule is Cc1ccc(N2C(=O)N(CC(=O)NCC(C)c3ccccc3)C(=O)C2C)cc1. The van der Waals surface area contributed by atoms with Gasteiger partial charge in [0.15, 0.2) is 0 Å². The smallest absolute Gasteiger partial charge is 0.332 e. The average Bonchev–Trinajstić information content (AvgIpc) is 2.91. The summed E-state index contributed by atoms with van der Waals surface area (Å²) in [5.41, 5.74) is 2.84. The van der Waals surface area contributed by atoms with Crippen LogP contribution in [-0.4, -0.2) is 41.9 Å². The van der Waals surface area contributed by atoms with Gasteiger partial charge in [0.2, 0.25) is 5.91 Å². The van der Waals surface area contributed by atoms with Crippen LogP contribution in [0.25, 0.3) is 0 Å². The van der Waals surface area contributed by atoms with Gasteiger partial charge in [-0.1, -0.05) is 55.0 Å². The van der Waals surface area contributed by atoms with Gasteiger partial charge in [-0.15, -0.1) is 0 Å². The number of hydrogen-bond donors (Lipinski definition) is 1. The molecule has 28 heavy (non-hydrogen) atoms. The van der Waals surface area contributed by atoms with E-state index in [1.165, 1.54) is 4.90 Å². The Hall–Kier alpha value is -3.15. The highest BCUT2D eigenvalue weighted by Crippen LogP contribution is 2.25. The van der Waals surface area contributed by atoms with Crippen LogP contribution in [0, 0.1) is 6.92 Å². The Morgan fingerprint density at radius 3 is 2.36 bits per heavy atom. The van der Waals surface area contributed by atoms with Crippen molar-refractivity contribution < 1.29 is 14.4 Å². The van der Waals surface area contributed by atoms with Crippen molar-refractivity contribution >= 4 is 23.5 Å². The summed E-state index contributed by atoms with van der Waals surface area (Å²) in [5, 5.41) is 2.82. The molecule has 2 atom stereocenters. The molecular weight excluding hydrogens is 354 g/mol. The van der Waals surface area contributed by atoms with Crippen molar-refractivity contribution in [3.05, 3.63) is 65.7 Å². The minimum absolute atomic E-state index is 0.137. The number of amides is 4. The molecule has 0 spiro atoms. The van der Waals surface area contributed by atoms with Crippen LogP contribution in [0.3, 0.4) is 0 Å². The maximum Gasteiger partial charge on any atom is 0.332 e. The number of urea groups is 1. The zero-order valence-electron chi connectivity index (χ0n) is 16.4. The molecule has 6 heteroatoms. The minimum Gasteiger partial charge on any atom is -0.354 e. The second-order valence-corrected chi connectivity index (χ2v) is 7.20. The van der Waals surface area contributed by atoms with Crippen molar-refractivity contribution in [2.75, 3.05) is 18.0 Å². The first-order chi connectivity index (χ1) is 13.4. The number of carbonyl (C=O) groups excluding carboxylic acids is 3. The molecule has 2 aromatic rings. The zero-order valence-corrected chi connectivity index (χ0v) is 16.4. The van der Waals surface area contributed by atoms with Crippen molar-refractivity contribution in [3.63, 3.8) is 0 Å². The van der Waals surface area contributed by atoms with Gasteiger partial charge in [-0.05, 0) is 37.5 Å². The van der Waals surface area contributed by atoms with Gasteiger partial charge in [-0.25, -0.2) is 4.79 Å². The van der Waals surface area contributed by atoms with Gasteiger partial charge < -0.3 is 5.32 Å². The normalized spacial score (nSPS) is 17.8.